The number of rotatable bonds is 2. The molecular weight excluding hydrogens is 192 g/mol. The summed E-state index contributed by atoms with van der Waals surface area (Å²) in [5, 5.41) is 0. The van der Waals surface area contributed by atoms with E-state index in [-0.39, 0.29) is 6.01 Å². The second kappa shape index (κ2) is 5.20. The van der Waals surface area contributed by atoms with E-state index in [0.29, 0.717) is 17.4 Å². The molecule has 0 aliphatic heterocycles. The summed E-state index contributed by atoms with van der Waals surface area (Å²) < 4.78 is 9.97. The first kappa shape index (κ1) is 11.3. The zero-order chi connectivity index (χ0) is 11.3. The average Bonchev–Trinajstić information content (AvgIpc) is 2.25. The zero-order valence-corrected chi connectivity index (χ0v) is 9.37. The van der Waals surface area contributed by atoms with Gasteiger partial charge >= 0.3 is 6.01 Å². The molecular formula is C11H14N2O2. The number of hydrogen-bond acceptors (Lipinski definition) is 4. The molecule has 0 bridgehead atoms. The van der Waals surface area contributed by atoms with Crippen LogP contribution in [0.15, 0.2) is 6.20 Å². The maximum absolute atomic E-state index is 5.09. The average molecular weight is 206 g/mol. The van der Waals surface area contributed by atoms with Gasteiger partial charge in [0, 0.05) is 5.92 Å². The van der Waals surface area contributed by atoms with E-state index in [0.717, 1.165) is 0 Å². The van der Waals surface area contributed by atoms with Crippen LogP contribution in [0, 0.1) is 17.8 Å². The highest BCUT2D eigenvalue weighted by Gasteiger charge is 2.05. The molecule has 15 heavy (non-hydrogen) atoms. The van der Waals surface area contributed by atoms with Crippen molar-refractivity contribution in [3.63, 3.8) is 0 Å². The third-order valence-electron chi connectivity index (χ3n) is 1.60. The molecule has 1 aromatic heterocycles. The minimum atomic E-state index is 0.280. The number of ether oxygens (including phenoxy) is 2. The van der Waals surface area contributed by atoms with E-state index >= 15 is 0 Å². The first-order valence-corrected chi connectivity index (χ1v) is 4.64. The molecule has 0 fully saturated rings. The first-order valence-electron chi connectivity index (χ1n) is 4.64. The van der Waals surface area contributed by atoms with Gasteiger partial charge in [0.1, 0.15) is 5.56 Å². The van der Waals surface area contributed by atoms with Crippen molar-refractivity contribution in [2.45, 2.75) is 13.8 Å². The van der Waals surface area contributed by atoms with Gasteiger partial charge < -0.3 is 9.47 Å². The highest BCUT2D eigenvalue weighted by atomic mass is 16.5. The normalized spacial score (nSPS) is 9.40. The van der Waals surface area contributed by atoms with Crippen molar-refractivity contribution < 1.29 is 9.47 Å². The van der Waals surface area contributed by atoms with E-state index in [4.69, 9.17) is 9.47 Å². The number of hydrogen-bond donors (Lipinski definition) is 0. The van der Waals surface area contributed by atoms with Crippen molar-refractivity contribution in [1.29, 1.82) is 0 Å². The van der Waals surface area contributed by atoms with Gasteiger partial charge in [0.2, 0.25) is 5.88 Å². The van der Waals surface area contributed by atoms with Gasteiger partial charge in [-0.2, -0.15) is 4.98 Å². The summed E-state index contributed by atoms with van der Waals surface area (Å²) in [5.74, 6) is 6.72. The molecule has 1 rings (SSSR count). The van der Waals surface area contributed by atoms with Crippen molar-refractivity contribution in [2.24, 2.45) is 5.92 Å². The van der Waals surface area contributed by atoms with Crippen molar-refractivity contribution >= 4 is 0 Å². The van der Waals surface area contributed by atoms with Gasteiger partial charge in [-0.3, -0.25) is 0 Å². The Labute approximate surface area is 89.7 Å². The molecule has 0 spiro atoms. The topological polar surface area (TPSA) is 44.2 Å². The molecule has 80 valence electrons. The zero-order valence-electron chi connectivity index (χ0n) is 9.37. The fraction of sp³-hybridized carbons (Fsp3) is 0.455. The van der Waals surface area contributed by atoms with Crippen molar-refractivity contribution in [1.82, 2.24) is 9.97 Å². The minimum absolute atomic E-state index is 0.280. The second-order valence-corrected chi connectivity index (χ2v) is 3.20. The fourth-order valence-corrected chi connectivity index (χ4v) is 0.913. The molecule has 0 unspecified atom stereocenters. The van der Waals surface area contributed by atoms with Crippen LogP contribution in [0.4, 0.5) is 0 Å². The Hall–Kier alpha value is -1.76. The van der Waals surface area contributed by atoms with Crippen LogP contribution < -0.4 is 9.47 Å². The van der Waals surface area contributed by atoms with Gasteiger partial charge in [-0.05, 0) is 0 Å². The molecule has 0 N–H and O–H groups in total. The SMILES string of the molecule is COc1ncc(C#CC(C)C)c(OC)n1. The van der Waals surface area contributed by atoms with Gasteiger partial charge in [0.25, 0.3) is 0 Å². The molecule has 0 saturated heterocycles. The van der Waals surface area contributed by atoms with Crippen LogP contribution in [0.2, 0.25) is 0 Å². The van der Waals surface area contributed by atoms with Crippen LogP contribution in [0.5, 0.6) is 11.9 Å². The molecule has 0 amide bonds. The Bertz CT molecular complexity index is 391. The predicted molar refractivity (Wildman–Crippen MR) is 56.9 cm³/mol. The van der Waals surface area contributed by atoms with Gasteiger partial charge in [-0.15, -0.1) is 0 Å². The summed E-state index contributed by atoms with van der Waals surface area (Å²) >= 11 is 0. The van der Waals surface area contributed by atoms with Gasteiger partial charge in [-0.25, -0.2) is 4.98 Å². The van der Waals surface area contributed by atoms with Gasteiger partial charge in [-0.1, -0.05) is 25.7 Å². The molecule has 0 aliphatic carbocycles. The molecule has 1 heterocycles. The van der Waals surface area contributed by atoms with Crippen LogP contribution in [0.25, 0.3) is 0 Å². The van der Waals surface area contributed by atoms with Gasteiger partial charge in [0.05, 0.1) is 20.4 Å². The highest BCUT2D eigenvalue weighted by molar-refractivity contribution is 5.41. The smallest absolute Gasteiger partial charge is 0.319 e. The maximum Gasteiger partial charge on any atom is 0.319 e. The number of aromatic nitrogens is 2. The molecule has 0 saturated carbocycles. The van der Waals surface area contributed by atoms with E-state index < -0.39 is 0 Å². The fourth-order valence-electron chi connectivity index (χ4n) is 0.913. The van der Waals surface area contributed by atoms with E-state index in [1.54, 1.807) is 13.3 Å². The Kier molecular flexibility index (Phi) is 3.92. The molecule has 0 radical (unpaired) electrons. The predicted octanol–water partition coefficient (Wildman–Crippen LogP) is 1.50. The summed E-state index contributed by atoms with van der Waals surface area (Å²) in [6.45, 7) is 4.04. The van der Waals surface area contributed by atoms with Crippen LogP contribution in [-0.4, -0.2) is 24.2 Å². The number of methoxy groups -OCH3 is 2. The summed E-state index contributed by atoms with van der Waals surface area (Å²) in [7, 11) is 3.05. The maximum atomic E-state index is 5.09. The number of nitrogens with zero attached hydrogens (tertiary/aromatic N) is 2. The van der Waals surface area contributed by atoms with Crippen molar-refractivity contribution in [2.75, 3.05) is 14.2 Å². The lowest BCUT2D eigenvalue weighted by Crippen LogP contribution is -1.97. The quantitative estimate of drug-likeness (QED) is 0.688. The largest absolute Gasteiger partial charge is 0.480 e. The van der Waals surface area contributed by atoms with Gasteiger partial charge in [0.15, 0.2) is 0 Å². The standard InChI is InChI=1S/C11H14N2O2/c1-8(2)5-6-9-7-12-11(15-4)13-10(9)14-3/h7-8H,1-4H3. The Morgan fingerprint density at radius 1 is 1.27 bits per heavy atom. The van der Waals surface area contributed by atoms with Crippen molar-refractivity contribution in [3.8, 4) is 23.7 Å². The van der Waals surface area contributed by atoms with Crippen LogP contribution >= 0.6 is 0 Å². The molecule has 0 atom stereocenters. The summed E-state index contributed by atoms with van der Waals surface area (Å²) in [6.07, 6.45) is 1.60. The van der Waals surface area contributed by atoms with E-state index in [1.165, 1.54) is 7.11 Å². The molecule has 0 aromatic carbocycles. The highest BCUT2D eigenvalue weighted by Crippen LogP contribution is 2.15. The van der Waals surface area contributed by atoms with Crippen molar-refractivity contribution in [3.05, 3.63) is 11.8 Å². The summed E-state index contributed by atoms with van der Waals surface area (Å²) in [6, 6.07) is 0.280. The second-order valence-electron chi connectivity index (χ2n) is 3.20. The minimum Gasteiger partial charge on any atom is -0.480 e. The van der Waals surface area contributed by atoms with Crippen LogP contribution in [-0.2, 0) is 0 Å². The molecule has 4 nitrogen and oxygen atoms in total. The lowest BCUT2D eigenvalue weighted by molar-refractivity contribution is 0.351. The lowest BCUT2D eigenvalue weighted by atomic mass is 10.2. The molecule has 0 aliphatic rings. The molecule has 4 heteroatoms. The molecule has 1 aromatic rings. The van der Waals surface area contributed by atoms with Crippen LogP contribution in [0.1, 0.15) is 19.4 Å². The van der Waals surface area contributed by atoms with E-state index in [9.17, 15) is 0 Å². The van der Waals surface area contributed by atoms with E-state index in [2.05, 4.69) is 21.8 Å². The Morgan fingerprint density at radius 2 is 2.00 bits per heavy atom. The Balaban J connectivity index is 3.04. The summed E-state index contributed by atoms with van der Waals surface area (Å²) in [4.78, 5) is 8.00. The first-order chi connectivity index (χ1) is 7.17. The summed E-state index contributed by atoms with van der Waals surface area (Å²) in [5.41, 5.74) is 0.673. The van der Waals surface area contributed by atoms with E-state index in [1.807, 2.05) is 13.8 Å². The lowest BCUT2D eigenvalue weighted by Gasteiger charge is -2.03. The monoisotopic (exact) mass is 206 g/mol. The third-order valence-corrected chi connectivity index (χ3v) is 1.60. The Morgan fingerprint density at radius 3 is 2.53 bits per heavy atom. The third kappa shape index (κ3) is 3.13. The van der Waals surface area contributed by atoms with Crippen LogP contribution in [0.3, 0.4) is 0 Å².